The van der Waals surface area contributed by atoms with Crippen molar-refractivity contribution in [2.75, 3.05) is 0 Å². The average molecular weight is 444 g/mol. The van der Waals surface area contributed by atoms with Gasteiger partial charge in [-0.25, -0.2) is 4.98 Å². The predicted octanol–water partition coefficient (Wildman–Crippen LogP) is 5.27. The first-order valence-electron chi connectivity index (χ1n) is 7.70. The average Bonchev–Trinajstić information content (AvgIpc) is 3.00. The Morgan fingerprint density at radius 1 is 1.35 bits per heavy atom. The van der Waals surface area contributed by atoms with Crippen molar-refractivity contribution in [1.29, 1.82) is 0 Å². The zero-order valence-corrected chi connectivity index (χ0v) is 16.2. The highest BCUT2D eigenvalue weighted by Crippen LogP contribution is 2.30. The molecule has 23 heavy (non-hydrogen) atoms. The molecule has 2 rings (SSSR count). The van der Waals surface area contributed by atoms with Gasteiger partial charge in [-0.05, 0) is 18.6 Å². The Balaban J connectivity index is 2.12. The zero-order valence-electron chi connectivity index (χ0n) is 13.0. The summed E-state index contributed by atoms with van der Waals surface area (Å²) in [7, 11) is 0. The fraction of sp³-hybridized carbons (Fsp3) is 0.412. The fourth-order valence-electron chi connectivity index (χ4n) is 2.28. The third kappa shape index (κ3) is 5.77. The molecule has 0 saturated carbocycles. The Bertz CT molecular complexity index is 630. The van der Waals surface area contributed by atoms with Crippen molar-refractivity contribution in [3.05, 3.63) is 51.4 Å². The summed E-state index contributed by atoms with van der Waals surface area (Å²) < 4.78 is 9.55. The van der Waals surface area contributed by atoms with E-state index in [9.17, 15) is 4.79 Å². The van der Waals surface area contributed by atoms with E-state index in [-0.39, 0.29) is 12.1 Å². The number of carbonyl (C=O) groups excluding carboxylic acids is 1. The Labute approximate surface area is 153 Å². The van der Waals surface area contributed by atoms with E-state index >= 15 is 0 Å². The van der Waals surface area contributed by atoms with E-state index in [0.29, 0.717) is 13.0 Å². The molecule has 1 aromatic heterocycles. The van der Waals surface area contributed by atoms with Gasteiger partial charge in [0.2, 0.25) is 0 Å². The second-order valence-electron chi connectivity index (χ2n) is 5.36. The van der Waals surface area contributed by atoms with Crippen LogP contribution in [0.2, 0.25) is 0 Å². The molecule has 0 amide bonds. The molecule has 0 aliphatic heterocycles. The Morgan fingerprint density at radius 2 is 2.17 bits per heavy atom. The van der Waals surface area contributed by atoms with Crippen LogP contribution < -0.4 is 0 Å². The number of imidazole rings is 1. The van der Waals surface area contributed by atoms with Gasteiger partial charge in [0.15, 0.2) is 0 Å². The summed E-state index contributed by atoms with van der Waals surface area (Å²) in [5, 5.41) is 0. The summed E-state index contributed by atoms with van der Waals surface area (Å²) >= 11 is 7.01. The van der Waals surface area contributed by atoms with E-state index in [2.05, 4.69) is 43.8 Å². The van der Waals surface area contributed by atoms with Crippen molar-refractivity contribution < 1.29 is 9.53 Å². The second kappa shape index (κ2) is 9.23. The lowest BCUT2D eigenvalue weighted by Gasteiger charge is -2.20. The summed E-state index contributed by atoms with van der Waals surface area (Å²) in [6, 6.07) is 5.88. The van der Waals surface area contributed by atoms with Crippen LogP contribution in [0.1, 0.15) is 44.3 Å². The molecule has 0 saturated heterocycles. The van der Waals surface area contributed by atoms with Gasteiger partial charge in [-0.15, -0.1) is 0 Å². The number of rotatable bonds is 8. The number of ether oxygens (including phenoxy) is 1. The lowest BCUT2D eigenvalue weighted by molar-refractivity contribution is -0.150. The smallest absolute Gasteiger partial charge is 0.306 e. The van der Waals surface area contributed by atoms with E-state index in [0.717, 1.165) is 33.8 Å². The van der Waals surface area contributed by atoms with E-state index in [1.807, 2.05) is 29.0 Å². The van der Waals surface area contributed by atoms with E-state index in [4.69, 9.17) is 4.74 Å². The third-order valence-electron chi connectivity index (χ3n) is 3.50. The van der Waals surface area contributed by atoms with Crippen LogP contribution in [0, 0.1) is 0 Å². The summed E-state index contributed by atoms with van der Waals surface area (Å²) in [6.07, 6.45) is 8.43. The van der Waals surface area contributed by atoms with Gasteiger partial charge in [-0.1, -0.05) is 57.7 Å². The molecule has 0 aliphatic carbocycles. The first-order valence-corrected chi connectivity index (χ1v) is 9.29. The molecule has 1 heterocycles. The molecular weight excluding hydrogens is 424 g/mol. The third-order valence-corrected chi connectivity index (χ3v) is 4.68. The molecule has 0 aliphatic rings. The second-order valence-corrected chi connectivity index (χ2v) is 7.13. The highest BCUT2D eigenvalue weighted by atomic mass is 79.9. The maximum absolute atomic E-state index is 12.1. The number of hydrogen-bond acceptors (Lipinski definition) is 3. The van der Waals surface area contributed by atoms with Crippen LogP contribution in [-0.4, -0.2) is 15.5 Å². The van der Waals surface area contributed by atoms with Crippen molar-refractivity contribution in [3.8, 4) is 0 Å². The number of halogens is 2. The van der Waals surface area contributed by atoms with Crippen molar-refractivity contribution in [1.82, 2.24) is 9.55 Å². The van der Waals surface area contributed by atoms with Gasteiger partial charge in [-0.3, -0.25) is 4.79 Å². The van der Waals surface area contributed by atoms with E-state index < -0.39 is 0 Å². The molecule has 1 atom stereocenters. The predicted molar refractivity (Wildman–Crippen MR) is 97.0 cm³/mol. The highest BCUT2D eigenvalue weighted by Gasteiger charge is 2.20. The number of esters is 1. The molecular formula is C17H20Br2N2O2. The summed E-state index contributed by atoms with van der Waals surface area (Å²) in [5.41, 5.74) is 0.950. The van der Waals surface area contributed by atoms with Gasteiger partial charge >= 0.3 is 5.97 Å². The molecule has 6 heteroatoms. The topological polar surface area (TPSA) is 44.1 Å². The lowest BCUT2D eigenvalue weighted by Crippen LogP contribution is -2.17. The van der Waals surface area contributed by atoms with E-state index in [1.54, 1.807) is 12.5 Å². The SMILES string of the molecule is CCCCCC(=O)OC(Cn1ccnc1)c1ccc(Br)cc1Br. The van der Waals surface area contributed by atoms with Crippen molar-refractivity contribution in [2.45, 2.75) is 45.3 Å². The van der Waals surface area contributed by atoms with Gasteiger partial charge in [0, 0.05) is 33.3 Å². The van der Waals surface area contributed by atoms with Gasteiger partial charge in [0.05, 0.1) is 12.9 Å². The minimum Gasteiger partial charge on any atom is -0.456 e. The molecule has 0 bridgehead atoms. The Hall–Kier alpha value is -1.14. The molecule has 0 radical (unpaired) electrons. The van der Waals surface area contributed by atoms with Gasteiger partial charge in [0.25, 0.3) is 0 Å². The Morgan fingerprint density at radius 3 is 2.83 bits per heavy atom. The largest absolute Gasteiger partial charge is 0.456 e. The van der Waals surface area contributed by atoms with Crippen LogP contribution in [0.5, 0.6) is 0 Å². The van der Waals surface area contributed by atoms with Crippen LogP contribution in [0.4, 0.5) is 0 Å². The van der Waals surface area contributed by atoms with Crippen molar-refractivity contribution in [2.24, 2.45) is 0 Å². The quantitative estimate of drug-likeness (QED) is 0.412. The van der Waals surface area contributed by atoms with Crippen LogP contribution in [0.15, 0.2) is 45.9 Å². The number of nitrogens with zero attached hydrogens (tertiary/aromatic N) is 2. The van der Waals surface area contributed by atoms with Crippen LogP contribution in [0.25, 0.3) is 0 Å². The van der Waals surface area contributed by atoms with Crippen LogP contribution in [0.3, 0.4) is 0 Å². The molecule has 124 valence electrons. The van der Waals surface area contributed by atoms with Crippen LogP contribution >= 0.6 is 31.9 Å². The number of unbranched alkanes of at least 4 members (excludes halogenated alkanes) is 2. The summed E-state index contributed by atoms with van der Waals surface area (Å²) in [4.78, 5) is 16.2. The monoisotopic (exact) mass is 442 g/mol. The summed E-state index contributed by atoms with van der Waals surface area (Å²) in [5.74, 6) is -0.154. The number of aromatic nitrogens is 2. The molecule has 0 N–H and O–H groups in total. The summed E-state index contributed by atoms with van der Waals surface area (Å²) in [6.45, 7) is 2.66. The maximum Gasteiger partial charge on any atom is 0.306 e. The molecule has 4 nitrogen and oxygen atoms in total. The molecule has 0 spiro atoms. The molecule has 0 fully saturated rings. The van der Waals surface area contributed by atoms with Gasteiger partial charge < -0.3 is 9.30 Å². The first kappa shape index (κ1) is 18.2. The number of benzene rings is 1. The number of carbonyl (C=O) groups is 1. The molecule has 2 aromatic rings. The Kier molecular flexibility index (Phi) is 7.30. The minimum atomic E-state index is -0.346. The zero-order chi connectivity index (χ0) is 16.7. The normalized spacial score (nSPS) is 12.1. The van der Waals surface area contributed by atoms with Crippen LogP contribution in [-0.2, 0) is 16.1 Å². The van der Waals surface area contributed by atoms with Crippen molar-refractivity contribution >= 4 is 37.8 Å². The molecule has 1 aromatic carbocycles. The molecule has 1 unspecified atom stereocenters. The first-order chi connectivity index (χ1) is 11.1. The lowest BCUT2D eigenvalue weighted by atomic mass is 10.1. The maximum atomic E-state index is 12.1. The minimum absolute atomic E-state index is 0.154. The van der Waals surface area contributed by atoms with Crippen molar-refractivity contribution in [3.63, 3.8) is 0 Å². The van der Waals surface area contributed by atoms with Gasteiger partial charge in [-0.2, -0.15) is 0 Å². The van der Waals surface area contributed by atoms with Gasteiger partial charge in [0.1, 0.15) is 6.10 Å². The number of hydrogen-bond donors (Lipinski definition) is 0. The highest BCUT2D eigenvalue weighted by molar-refractivity contribution is 9.11. The standard InChI is InChI=1S/C17H20Br2N2O2/c1-2-3-4-5-17(22)23-16(11-21-9-8-20-12-21)14-7-6-13(18)10-15(14)19/h6-10,12,16H,2-5,11H2,1H3. The van der Waals surface area contributed by atoms with E-state index in [1.165, 1.54) is 0 Å². The fourth-order valence-corrected chi connectivity index (χ4v) is 3.59.